The van der Waals surface area contributed by atoms with E-state index in [0.717, 1.165) is 62.6 Å². The lowest BCUT2D eigenvalue weighted by Crippen LogP contribution is -2.42. The second kappa shape index (κ2) is 11.8. The van der Waals surface area contributed by atoms with Crippen molar-refractivity contribution in [3.05, 3.63) is 39.7 Å². The number of likely N-dealkylation sites (tertiary alicyclic amines) is 1. The summed E-state index contributed by atoms with van der Waals surface area (Å²) in [5, 5.41) is 8.97. The number of halogens is 1. The molecule has 28 heavy (non-hydrogen) atoms. The van der Waals surface area contributed by atoms with Gasteiger partial charge in [0.15, 0.2) is 5.96 Å². The highest BCUT2D eigenvalue weighted by Gasteiger charge is 2.21. The maximum Gasteiger partial charge on any atom is 0.208 e. The molecule has 8 heteroatoms. The van der Waals surface area contributed by atoms with Gasteiger partial charge in [-0.3, -0.25) is 4.90 Å². The van der Waals surface area contributed by atoms with Crippen LogP contribution >= 0.6 is 35.3 Å². The third-order valence-corrected chi connectivity index (χ3v) is 5.88. The first-order valence-electron chi connectivity index (χ1n) is 9.84. The lowest BCUT2D eigenvalue weighted by atomic mass is 9.97. The van der Waals surface area contributed by atoms with Crippen molar-refractivity contribution in [2.24, 2.45) is 10.9 Å². The number of aromatic nitrogens is 1. The van der Waals surface area contributed by atoms with Gasteiger partial charge < -0.3 is 15.1 Å². The minimum atomic E-state index is 0. The summed E-state index contributed by atoms with van der Waals surface area (Å²) >= 11 is 1.75. The lowest BCUT2D eigenvalue weighted by molar-refractivity contribution is 0.164. The van der Waals surface area contributed by atoms with E-state index in [-0.39, 0.29) is 24.0 Å². The van der Waals surface area contributed by atoms with E-state index in [0.29, 0.717) is 5.92 Å². The highest BCUT2D eigenvalue weighted by atomic mass is 127. The Kier molecular flexibility index (Phi) is 9.73. The van der Waals surface area contributed by atoms with E-state index in [1.807, 2.05) is 13.8 Å². The van der Waals surface area contributed by atoms with Gasteiger partial charge >= 0.3 is 0 Å². The van der Waals surface area contributed by atoms with Crippen molar-refractivity contribution >= 4 is 41.3 Å². The molecular formula is C20H32IN5OS. The van der Waals surface area contributed by atoms with Gasteiger partial charge in [-0.2, -0.15) is 0 Å². The van der Waals surface area contributed by atoms with Crippen LogP contribution in [0.4, 0.5) is 0 Å². The van der Waals surface area contributed by atoms with Gasteiger partial charge in [0.2, 0.25) is 5.89 Å². The molecule has 3 rings (SSSR count). The minimum absolute atomic E-state index is 0. The van der Waals surface area contributed by atoms with E-state index in [2.05, 4.69) is 45.0 Å². The molecule has 1 aliphatic heterocycles. The first-order chi connectivity index (χ1) is 13.1. The number of hydrogen-bond donors (Lipinski definition) is 2. The number of oxazole rings is 1. The van der Waals surface area contributed by atoms with E-state index in [9.17, 15) is 0 Å². The van der Waals surface area contributed by atoms with Gasteiger partial charge in [0.25, 0.3) is 0 Å². The highest BCUT2D eigenvalue weighted by Crippen LogP contribution is 2.19. The van der Waals surface area contributed by atoms with E-state index < -0.39 is 0 Å². The van der Waals surface area contributed by atoms with Gasteiger partial charge in [0, 0.05) is 18.0 Å². The van der Waals surface area contributed by atoms with Gasteiger partial charge in [-0.1, -0.05) is 6.07 Å². The zero-order valence-electron chi connectivity index (χ0n) is 17.0. The van der Waals surface area contributed by atoms with Crippen molar-refractivity contribution in [2.45, 2.75) is 46.7 Å². The summed E-state index contributed by atoms with van der Waals surface area (Å²) in [5.74, 6) is 3.37. The monoisotopic (exact) mass is 517 g/mol. The van der Waals surface area contributed by atoms with E-state index in [1.54, 1.807) is 11.3 Å². The van der Waals surface area contributed by atoms with Crippen LogP contribution in [0.25, 0.3) is 0 Å². The van der Waals surface area contributed by atoms with Gasteiger partial charge in [-0.05, 0) is 64.1 Å². The Morgan fingerprint density at radius 1 is 1.32 bits per heavy atom. The van der Waals surface area contributed by atoms with Crippen molar-refractivity contribution in [2.75, 3.05) is 26.2 Å². The fourth-order valence-corrected chi connectivity index (χ4v) is 3.92. The molecule has 156 valence electrons. The van der Waals surface area contributed by atoms with Gasteiger partial charge in [-0.25, -0.2) is 9.98 Å². The molecule has 2 N–H and O–H groups in total. The molecular weight excluding hydrogens is 485 g/mol. The van der Waals surface area contributed by atoms with Crippen LogP contribution in [0.15, 0.2) is 26.9 Å². The first kappa shape index (κ1) is 23.2. The summed E-state index contributed by atoms with van der Waals surface area (Å²) in [7, 11) is 0. The van der Waals surface area contributed by atoms with Crippen molar-refractivity contribution < 1.29 is 4.42 Å². The van der Waals surface area contributed by atoms with Crippen LogP contribution in [-0.2, 0) is 13.1 Å². The van der Waals surface area contributed by atoms with E-state index in [4.69, 9.17) is 9.41 Å². The molecule has 0 bridgehead atoms. The topological polar surface area (TPSA) is 65.7 Å². The molecule has 0 aromatic carbocycles. The zero-order valence-corrected chi connectivity index (χ0v) is 20.2. The largest absolute Gasteiger partial charge is 0.444 e. The normalized spacial score (nSPS) is 16.0. The summed E-state index contributed by atoms with van der Waals surface area (Å²) in [4.78, 5) is 12.9. The SMILES string of the molecule is CCNC(=NCc1cccs1)NCC1CCN(Cc2nc(C)c(C)o2)CC1.I. The van der Waals surface area contributed by atoms with Crippen LogP contribution in [0.1, 0.15) is 42.0 Å². The van der Waals surface area contributed by atoms with Gasteiger partial charge in [0.05, 0.1) is 18.8 Å². The standard InChI is InChI=1S/C20H31N5OS.HI/c1-4-21-20(23-13-18-6-5-11-27-18)22-12-17-7-9-25(10-8-17)14-19-24-15(2)16(3)26-19;/h5-6,11,17H,4,7-10,12-14H2,1-3H3,(H2,21,22,23);1H. The number of aryl methyl sites for hydroxylation is 2. The summed E-state index contributed by atoms with van der Waals surface area (Å²) in [6, 6.07) is 4.20. The summed E-state index contributed by atoms with van der Waals surface area (Å²) in [6.45, 7) is 11.7. The fraction of sp³-hybridized carbons (Fsp3) is 0.600. The Bertz CT molecular complexity index is 704. The summed E-state index contributed by atoms with van der Waals surface area (Å²) in [6.07, 6.45) is 2.38. The molecule has 0 saturated carbocycles. The Morgan fingerprint density at radius 2 is 2.11 bits per heavy atom. The number of nitrogens with one attached hydrogen (secondary N) is 2. The molecule has 2 aromatic rings. The Labute approximate surface area is 189 Å². The Balaban J connectivity index is 0.00000280. The minimum Gasteiger partial charge on any atom is -0.444 e. The molecule has 2 aromatic heterocycles. The number of nitrogens with zero attached hydrogens (tertiary/aromatic N) is 3. The second-order valence-electron chi connectivity index (χ2n) is 7.12. The second-order valence-corrected chi connectivity index (χ2v) is 8.16. The fourth-order valence-electron chi connectivity index (χ4n) is 3.29. The predicted molar refractivity (Wildman–Crippen MR) is 127 cm³/mol. The highest BCUT2D eigenvalue weighted by molar-refractivity contribution is 14.0. The first-order valence-corrected chi connectivity index (χ1v) is 10.7. The molecule has 6 nitrogen and oxygen atoms in total. The molecule has 0 aliphatic carbocycles. The number of thiophene rings is 1. The van der Waals surface area contributed by atoms with Crippen LogP contribution < -0.4 is 10.6 Å². The van der Waals surface area contributed by atoms with Crippen LogP contribution in [0.2, 0.25) is 0 Å². The molecule has 0 atom stereocenters. The molecule has 3 heterocycles. The van der Waals surface area contributed by atoms with Crippen molar-refractivity contribution in [3.63, 3.8) is 0 Å². The summed E-state index contributed by atoms with van der Waals surface area (Å²) < 4.78 is 5.72. The molecule has 0 amide bonds. The average molecular weight is 517 g/mol. The quantitative estimate of drug-likeness (QED) is 0.331. The Hall–Kier alpha value is -1.13. The number of guanidine groups is 1. The van der Waals surface area contributed by atoms with E-state index in [1.165, 1.54) is 17.7 Å². The van der Waals surface area contributed by atoms with E-state index >= 15 is 0 Å². The Morgan fingerprint density at radius 3 is 2.71 bits per heavy atom. The third-order valence-electron chi connectivity index (χ3n) is 5.01. The summed E-state index contributed by atoms with van der Waals surface area (Å²) in [5.41, 5.74) is 1.00. The van der Waals surface area contributed by atoms with Gasteiger partial charge in [0.1, 0.15) is 5.76 Å². The number of rotatable bonds is 7. The maximum atomic E-state index is 5.72. The predicted octanol–water partition coefficient (Wildman–Crippen LogP) is 3.94. The van der Waals surface area contributed by atoms with Crippen LogP contribution in [-0.4, -0.2) is 42.0 Å². The van der Waals surface area contributed by atoms with Crippen LogP contribution in [0.5, 0.6) is 0 Å². The maximum absolute atomic E-state index is 5.72. The van der Waals surface area contributed by atoms with Crippen LogP contribution in [0, 0.1) is 19.8 Å². The zero-order chi connectivity index (χ0) is 19.1. The lowest BCUT2D eigenvalue weighted by Gasteiger charge is -2.31. The van der Waals surface area contributed by atoms with Gasteiger partial charge in [-0.15, -0.1) is 35.3 Å². The molecule has 0 spiro atoms. The molecule has 0 radical (unpaired) electrons. The molecule has 1 aliphatic rings. The molecule has 1 saturated heterocycles. The molecule has 0 unspecified atom stereocenters. The average Bonchev–Trinajstić information content (AvgIpc) is 3.29. The molecule has 1 fully saturated rings. The smallest absolute Gasteiger partial charge is 0.208 e. The van der Waals surface area contributed by atoms with Crippen molar-refractivity contribution in [3.8, 4) is 0 Å². The van der Waals surface area contributed by atoms with Crippen molar-refractivity contribution in [1.82, 2.24) is 20.5 Å². The van der Waals surface area contributed by atoms with Crippen LogP contribution in [0.3, 0.4) is 0 Å². The number of piperidine rings is 1. The number of hydrogen-bond acceptors (Lipinski definition) is 5. The third kappa shape index (κ3) is 7.04. The number of aliphatic imine (C=N–C) groups is 1. The van der Waals surface area contributed by atoms with Crippen molar-refractivity contribution in [1.29, 1.82) is 0 Å².